The zero-order chi connectivity index (χ0) is 16.8. The van der Waals surface area contributed by atoms with Crippen molar-refractivity contribution in [3.05, 3.63) is 67.9 Å². The first-order valence-corrected chi connectivity index (χ1v) is 7.84. The minimum Gasteiger partial charge on any atom is -0.310 e. The van der Waals surface area contributed by atoms with Crippen molar-refractivity contribution in [2.45, 2.75) is 33.0 Å². The van der Waals surface area contributed by atoms with Crippen molar-refractivity contribution in [3.63, 3.8) is 0 Å². The molecule has 1 aliphatic heterocycles. The molecule has 122 valence electrons. The van der Waals surface area contributed by atoms with E-state index < -0.39 is 0 Å². The van der Waals surface area contributed by atoms with E-state index in [0.29, 0.717) is 41.2 Å². The lowest BCUT2D eigenvalue weighted by Crippen LogP contribution is -2.26. The maximum Gasteiger partial charge on any atom is 0.258 e. The zero-order valence-electron chi connectivity index (χ0n) is 13.5. The Morgan fingerprint density at radius 1 is 1.08 bits per heavy atom. The van der Waals surface area contributed by atoms with Gasteiger partial charge in [-0.2, -0.15) is 0 Å². The summed E-state index contributed by atoms with van der Waals surface area (Å²) in [6.07, 6.45) is 0. The van der Waals surface area contributed by atoms with Crippen LogP contribution in [-0.4, -0.2) is 24.8 Å². The molecule has 24 heavy (non-hydrogen) atoms. The minimum absolute atomic E-state index is 0.0906. The molecule has 0 saturated carbocycles. The minimum atomic E-state index is -0.147. The molecule has 0 spiro atoms. The summed E-state index contributed by atoms with van der Waals surface area (Å²) in [5.74, 6) is 1.21. The molecule has 1 unspecified atom stereocenters. The molecule has 0 aliphatic carbocycles. The van der Waals surface area contributed by atoms with Gasteiger partial charge in [0.15, 0.2) is 0 Å². The highest BCUT2D eigenvalue weighted by Gasteiger charge is 2.29. The fourth-order valence-corrected chi connectivity index (χ4v) is 3.16. The van der Waals surface area contributed by atoms with Crippen LogP contribution in [0.2, 0.25) is 0 Å². The Morgan fingerprint density at radius 3 is 2.71 bits per heavy atom. The molecule has 1 atom stereocenters. The van der Waals surface area contributed by atoms with Crippen LogP contribution in [-0.2, 0) is 13.1 Å². The summed E-state index contributed by atoms with van der Waals surface area (Å²) in [4.78, 5) is 41.0. The highest BCUT2D eigenvalue weighted by molar-refractivity contribution is 5.77. The van der Waals surface area contributed by atoms with Crippen LogP contribution in [0.4, 0.5) is 0 Å². The first kappa shape index (κ1) is 14.8. The van der Waals surface area contributed by atoms with Crippen LogP contribution in [0.3, 0.4) is 0 Å². The Balaban J connectivity index is 1.70. The molecule has 7 heteroatoms. The fourth-order valence-electron chi connectivity index (χ4n) is 3.16. The summed E-state index contributed by atoms with van der Waals surface area (Å²) in [6, 6.07) is 7.14. The van der Waals surface area contributed by atoms with E-state index in [1.165, 1.54) is 0 Å². The lowest BCUT2D eigenvalue weighted by molar-refractivity contribution is 0.205. The number of H-pyrrole nitrogens is 2. The van der Waals surface area contributed by atoms with Crippen molar-refractivity contribution in [1.29, 1.82) is 0 Å². The van der Waals surface area contributed by atoms with Crippen molar-refractivity contribution in [2.24, 2.45) is 0 Å². The number of aromatic nitrogens is 4. The number of fused-ring (bicyclic) bond motifs is 2. The molecule has 7 nitrogen and oxygen atoms in total. The van der Waals surface area contributed by atoms with Crippen LogP contribution in [0, 0.1) is 6.92 Å². The lowest BCUT2D eigenvalue weighted by Gasteiger charge is -2.22. The van der Waals surface area contributed by atoms with Crippen molar-refractivity contribution in [1.82, 2.24) is 24.8 Å². The number of nitrogens with zero attached hydrogens (tertiary/aromatic N) is 3. The smallest absolute Gasteiger partial charge is 0.258 e. The summed E-state index contributed by atoms with van der Waals surface area (Å²) in [7, 11) is 0. The maximum atomic E-state index is 12.3. The number of nitrogens with one attached hydrogen (secondary N) is 2. The molecule has 2 aromatic heterocycles. The third-order valence-electron chi connectivity index (χ3n) is 4.51. The molecule has 4 rings (SSSR count). The molecule has 1 aromatic carbocycles. The zero-order valence-corrected chi connectivity index (χ0v) is 13.5. The number of para-hydroxylation sites is 1. The first-order valence-electron chi connectivity index (χ1n) is 7.84. The van der Waals surface area contributed by atoms with E-state index in [1.54, 1.807) is 13.0 Å². The molecule has 1 aliphatic rings. The van der Waals surface area contributed by atoms with Gasteiger partial charge in [-0.1, -0.05) is 12.1 Å². The lowest BCUT2D eigenvalue weighted by atomic mass is 10.2. The quantitative estimate of drug-likeness (QED) is 0.743. The SMILES string of the molecule is Cc1nc2c(c(=O)[nH]1)CN(C(C)c1nc3ccccc3c(=O)[nH]1)C2. The van der Waals surface area contributed by atoms with Gasteiger partial charge in [0.2, 0.25) is 0 Å². The predicted molar refractivity (Wildman–Crippen MR) is 89.6 cm³/mol. The molecule has 0 fully saturated rings. The number of rotatable bonds is 2. The molecule has 0 radical (unpaired) electrons. The second-order valence-corrected chi connectivity index (χ2v) is 6.13. The molecule has 0 bridgehead atoms. The van der Waals surface area contributed by atoms with E-state index in [2.05, 4.69) is 24.8 Å². The summed E-state index contributed by atoms with van der Waals surface area (Å²) in [6.45, 7) is 4.81. The molecular weight excluding hydrogens is 306 g/mol. The van der Waals surface area contributed by atoms with E-state index in [4.69, 9.17) is 0 Å². The van der Waals surface area contributed by atoms with Gasteiger partial charge < -0.3 is 9.97 Å². The summed E-state index contributed by atoms with van der Waals surface area (Å²) in [5.41, 5.74) is 1.92. The molecule has 0 amide bonds. The van der Waals surface area contributed by atoms with Gasteiger partial charge in [0, 0.05) is 13.1 Å². The van der Waals surface area contributed by atoms with Crippen LogP contribution in [0.5, 0.6) is 0 Å². The van der Waals surface area contributed by atoms with Gasteiger partial charge in [-0.15, -0.1) is 0 Å². The monoisotopic (exact) mass is 323 g/mol. The van der Waals surface area contributed by atoms with Gasteiger partial charge in [-0.25, -0.2) is 9.97 Å². The predicted octanol–water partition coefficient (Wildman–Crippen LogP) is 1.39. The van der Waals surface area contributed by atoms with Crippen molar-refractivity contribution < 1.29 is 0 Å². The highest BCUT2D eigenvalue weighted by atomic mass is 16.1. The van der Waals surface area contributed by atoms with Gasteiger partial charge in [-0.3, -0.25) is 14.5 Å². The average Bonchev–Trinajstić information content (AvgIpc) is 2.98. The van der Waals surface area contributed by atoms with E-state index in [0.717, 1.165) is 5.69 Å². The highest BCUT2D eigenvalue weighted by Crippen LogP contribution is 2.27. The summed E-state index contributed by atoms with van der Waals surface area (Å²) >= 11 is 0. The van der Waals surface area contributed by atoms with Crippen LogP contribution in [0.1, 0.15) is 35.9 Å². The van der Waals surface area contributed by atoms with Gasteiger partial charge in [0.1, 0.15) is 11.6 Å². The summed E-state index contributed by atoms with van der Waals surface area (Å²) < 4.78 is 0. The molecule has 0 saturated heterocycles. The normalized spacial score (nSPS) is 15.6. The van der Waals surface area contributed by atoms with Gasteiger partial charge >= 0.3 is 0 Å². The third kappa shape index (κ3) is 2.33. The first-order chi connectivity index (χ1) is 11.5. The van der Waals surface area contributed by atoms with Crippen molar-refractivity contribution >= 4 is 10.9 Å². The Labute approximate surface area is 137 Å². The topological polar surface area (TPSA) is 94.7 Å². The number of hydrogen-bond acceptors (Lipinski definition) is 5. The molecule has 2 N–H and O–H groups in total. The number of aromatic amines is 2. The van der Waals surface area contributed by atoms with Gasteiger partial charge in [0.25, 0.3) is 11.1 Å². The van der Waals surface area contributed by atoms with Gasteiger partial charge in [0.05, 0.1) is 28.2 Å². The fraction of sp³-hybridized carbons (Fsp3) is 0.294. The van der Waals surface area contributed by atoms with E-state index in [1.807, 2.05) is 25.1 Å². The Morgan fingerprint density at radius 2 is 1.88 bits per heavy atom. The van der Waals surface area contributed by atoms with Crippen LogP contribution in [0.15, 0.2) is 33.9 Å². The second kappa shape index (κ2) is 5.38. The second-order valence-electron chi connectivity index (χ2n) is 6.13. The van der Waals surface area contributed by atoms with Crippen molar-refractivity contribution in [2.75, 3.05) is 0 Å². The molecule has 3 heterocycles. The largest absolute Gasteiger partial charge is 0.310 e. The maximum absolute atomic E-state index is 12.3. The van der Waals surface area contributed by atoms with Crippen LogP contribution < -0.4 is 11.1 Å². The van der Waals surface area contributed by atoms with E-state index >= 15 is 0 Å². The Bertz CT molecular complexity index is 1050. The van der Waals surface area contributed by atoms with Crippen LogP contribution in [0.25, 0.3) is 10.9 Å². The third-order valence-corrected chi connectivity index (χ3v) is 4.51. The van der Waals surface area contributed by atoms with Crippen LogP contribution >= 0.6 is 0 Å². The standard InChI is InChI=1S/C17H17N5O2/c1-9(15-20-13-6-4-3-5-11(13)16(23)21-15)22-7-12-14(8-22)18-10(2)19-17(12)24/h3-6,9H,7-8H2,1-2H3,(H,18,19,24)(H,20,21,23). The van der Waals surface area contributed by atoms with Gasteiger partial charge in [-0.05, 0) is 26.0 Å². The van der Waals surface area contributed by atoms with E-state index in [-0.39, 0.29) is 17.2 Å². The summed E-state index contributed by atoms with van der Waals surface area (Å²) in [5, 5.41) is 0.576. The molecular formula is C17H17N5O2. The average molecular weight is 323 g/mol. The Kier molecular flexibility index (Phi) is 3.31. The van der Waals surface area contributed by atoms with Crippen molar-refractivity contribution in [3.8, 4) is 0 Å². The van der Waals surface area contributed by atoms with E-state index in [9.17, 15) is 9.59 Å². The Hall–Kier alpha value is -2.80. The number of benzene rings is 1. The molecule has 3 aromatic rings. The number of aryl methyl sites for hydroxylation is 1. The number of hydrogen-bond donors (Lipinski definition) is 2.